The van der Waals surface area contributed by atoms with Gasteiger partial charge < -0.3 is 0 Å². The number of hydrogen-bond acceptors (Lipinski definition) is 4. The van der Waals surface area contributed by atoms with E-state index in [-0.39, 0.29) is 6.04 Å². The summed E-state index contributed by atoms with van der Waals surface area (Å²) in [6.07, 6.45) is 1.81. The minimum Gasteiger partial charge on any atom is -0.271 e. The third-order valence-electron chi connectivity index (χ3n) is 2.72. The van der Waals surface area contributed by atoms with E-state index in [9.17, 15) is 0 Å². The Bertz CT molecular complexity index is 460. The summed E-state index contributed by atoms with van der Waals surface area (Å²) < 4.78 is 1.96. The van der Waals surface area contributed by atoms with E-state index in [1.54, 1.807) is 11.3 Å². The molecule has 0 fully saturated rings. The lowest BCUT2D eigenvalue weighted by Crippen LogP contribution is -2.30. The molecule has 0 amide bonds. The zero-order chi connectivity index (χ0) is 11.5. The van der Waals surface area contributed by atoms with Crippen LogP contribution in [0.1, 0.15) is 29.8 Å². The maximum Gasteiger partial charge on any atom is 0.0888 e. The molecule has 2 aromatic heterocycles. The summed E-state index contributed by atoms with van der Waals surface area (Å²) in [7, 11) is 0. The molecule has 0 aliphatic carbocycles. The molecular formula is C11H16N4S. The van der Waals surface area contributed by atoms with Crippen LogP contribution in [0.2, 0.25) is 0 Å². The lowest BCUT2D eigenvalue weighted by molar-refractivity contribution is 0.543. The summed E-state index contributed by atoms with van der Waals surface area (Å²) >= 11 is 1.70. The van der Waals surface area contributed by atoms with E-state index >= 15 is 0 Å². The van der Waals surface area contributed by atoms with Crippen LogP contribution in [0.5, 0.6) is 0 Å². The van der Waals surface area contributed by atoms with Crippen molar-refractivity contribution >= 4 is 11.3 Å². The molecular weight excluding hydrogens is 220 g/mol. The quantitative estimate of drug-likeness (QED) is 0.629. The Morgan fingerprint density at radius 2 is 2.38 bits per heavy atom. The van der Waals surface area contributed by atoms with Crippen LogP contribution in [0, 0.1) is 6.92 Å². The Morgan fingerprint density at radius 3 is 2.94 bits per heavy atom. The number of hydrazine groups is 1. The van der Waals surface area contributed by atoms with Crippen molar-refractivity contribution in [3.63, 3.8) is 0 Å². The third kappa shape index (κ3) is 1.89. The van der Waals surface area contributed by atoms with Crippen molar-refractivity contribution < 1.29 is 0 Å². The Balaban J connectivity index is 2.40. The first kappa shape index (κ1) is 11.3. The average molecular weight is 236 g/mol. The Morgan fingerprint density at radius 1 is 1.56 bits per heavy atom. The molecule has 1 atom stereocenters. The normalized spacial score (nSPS) is 12.9. The zero-order valence-electron chi connectivity index (χ0n) is 9.47. The highest BCUT2D eigenvalue weighted by Crippen LogP contribution is 2.26. The fourth-order valence-electron chi connectivity index (χ4n) is 1.85. The molecule has 0 saturated heterocycles. The number of thiophene rings is 1. The van der Waals surface area contributed by atoms with Crippen LogP contribution >= 0.6 is 11.3 Å². The van der Waals surface area contributed by atoms with Gasteiger partial charge >= 0.3 is 0 Å². The lowest BCUT2D eigenvalue weighted by atomic mass is 10.0. The van der Waals surface area contributed by atoms with Gasteiger partial charge in [0.15, 0.2) is 0 Å². The summed E-state index contributed by atoms with van der Waals surface area (Å²) in [5.74, 6) is 5.66. The highest BCUT2D eigenvalue weighted by molar-refractivity contribution is 7.08. The molecule has 0 aliphatic heterocycles. The molecule has 2 heterocycles. The summed E-state index contributed by atoms with van der Waals surface area (Å²) in [5, 5.41) is 8.53. The van der Waals surface area contributed by atoms with Gasteiger partial charge in [-0.25, -0.2) is 5.43 Å². The molecule has 4 nitrogen and oxygen atoms in total. The van der Waals surface area contributed by atoms with E-state index in [0.717, 1.165) is 12.2 Å². The molecule has 2 rings (SSSR count). The predicted molar refractivity (Wildman–Crippen MR) is 66.1 cm³/mol. The van der Waals surface area contributed by atoms with Gasteiger partial charge in [-0.1, -0.05) is 0 Å². The number of aryl methyl sites for hydroxylation is 2. The van der Waals surface area contributed by atoms with Gasteiger partial charge in [0.2, 0.25) is 0 Å². The van der Waals surface area contributed by atoms with Crippen LogP contribution in [0.15, 0.2) is 23.0 Å². The highest BCUT2D eigenvalue weighted by Gasteiger charge is 2.18. The summed E-state index contributed by atoms with van der Waals surface area (Å²) in [6.45, 7) is 5.02. The van der Waals surface area contributed by atoms with E-state index in [4.69, 9.17) is 5.84 Å². The summed E-state index contributed by atoms with van der Waals surface area (Å²) in [5.41, 5.74) is 6.46. The Hall–Kier alpha value is -1.17. The van der Waals surface area contributed by atoms with Gasteiger partial charge in [-0.15, -0.1) is 0 Å². The second-order valence-electron chi connectivity index (χ2n) is 3.68. The van der Waals surface area contributed by atoms with Crippen molar-refractivity contribution in [1.82, 2.24) is 15.2 Å². The molecule has 2 aromatic rings. The number of rotatable bonds is 4. The molecule has 0 radical (unpaired) electrons. The van der Waals surface area contributed by atoms with Crippen molar-refractivity contribution in [1.29, 1.82) is 0 Å². The van der Waals surface area contributed by atoms with Crippen molar-refractivity contribution in [3.8, 4) is 0 Å². The van der Waals surface area contributed by atoms with Crippen LogP contribution in [0.4, 0.5) is 0 Å². The maximum absolute atomic E-state index is 5.66. The van der Waals surface area contributed by atoms with E-state index in [2.05, 4.69) is 35.1 Å². The fourth-order valence-corrected chi connectivity index (χ4v) is 2.73. The van der Waals surface area contributed by atoms with Crippen LogP contribution in [0.25, 0.3) is 0 Å². The monoisotopic (exact) mass is 236 g/mol. The molecule has 0 aromatic carbocycles. The molecule has 1 unspecified atom stereocenters. The van der Waals surface area contributed by atoms with Gasteiger partial charge in [-0.05, 0) is 41.8 Å². The van der Waals surface area contributed by atoms with Crippen LogP contribution in [-0.4, -0.2) is 9.78 Å². The fraction of sp³-hybridized carbons (Fsp3) is 0.364. The number of hydrogen-bond donors (Lipinski definition) is 2. The summed E-state index contributed by atoms with van der Waals surface area (Å²) in [6, 6.07) is 2.03. The first-order valence-corrected chi connectivity index (χ1v) is 6.22. The van der Waals surface area contributed by atoms with Crippen molar-refractivity contribution in [2.75, 3.05) is 0 Å². The van der Waals surface area contributed by atoms with Crippen LogP contribution < -0.4 is 11.3 Å². The van der Waals surface area contributed by atoms with Crippen LogP contribution in [0.3, 0.4) is 0 Å². The number of aromatic nitrogens is 2. The summed E-state index contributed by atoms with van der Waals surface area (Å²) in [4.78, 5) is 0. The lowest BCUT2D eigenvalue weighted by Gasteiger charge is -2.17. The SMILES string of the molecule is CCn1nccc1C(NN)c1cscc1C. The van der Waals surface area contributed by atoms with Crippen LogP contribution in [-0.2, 0) is 6.54 Å². The van der Waals surface area contributed by atoms with Gasteiger partial charge in [0.1, 0.15) is 0 Å². The Labute approximate surface area is 99.1 Å². The predicted octanol–water partition coefficient (Wildman–Crippen LogP) is 1.83. The minimum atomic E-state index is 0.0219. The smallest absolute Gasteiger partial charge is 0.0888 e. The largest absolute Gasteiger partial charge is 0.271 e. The van der Waals surface area contributed by atoms with Gasteiger partial charge in [-0.2, -0.15) is 16.4 Å². The minimum absolute atomic E-state index is 0.0219. The molecule has 0 saturated carbocycles. The molecule has 86 valence electrons. The average Bonchev–Trinajstić information content (AvgIpc) is 2.90. The second-order valence-corrected chi connectivity index (χ2v) is 4.43. The molecule has 0 aliphatic rings. The van der Waals surface area contributed by atoms with E-state index in [0.29, 0.717) is 0 Å². The van der Waals surface area contributed by atoms with E-state index in [1.807, 2.05) is 16.9 Å². The van der Waals surface area contributed by atoms with Crippen molar-refractivity contribution in [3.05, 3.63) is 39.8 Å². The number of nitrogens with two attached hydrogens (primary N) is 1. The zero-order valence-corrected chi connectivity index (χ0v) is 10.3. The molecule has 5 heteroatoms. The first-order chi connectivity index (χ1) is 7.77. The number of nitrogens with one attached hydrogen (secondary N) is 1. The molecule has 0 spiro atoms. The molecule has 0 bridgehead atoms. The Kier molecular flexibility index (Phi) is 3.38. The standard InChI is InChI=1S/C11H16N4S/c1-3-15-10(4-5-13-15)11(14-12)9-7-16-6-8(9)2/h4-7,11,14H,3,12H2,1-2H3. The molecule has 3 N–H and O–H groups in total. The van der Waals surface area contributed by atoms with E-state index in [1.165, 1.54) is 11.1 Å². The van der Waals surface area contributed by atoms with Gasteiger partial charge in [0, 0.05) is 12.7 Å². The maximum atomic E-state index is 5.66. The topological polar surface area (TPSA) is 55.9 Å². The third-order valence-corrected chi connectivity index (χ3v) is 3.60. The van der Waals surface area contributed by atoms with Crippen molar-refractivity contribution in [2.24, 2.45) is 5.84 Å². The van der Waals surface area contributed by atoms with Gasteiger partial charge in [-0.3, -0.25) is 10.5 Å². The molecule has 16 heavy (non-hydrogen) atoms. The van der Waals surface area contributed by atoms with E-state index < -0.39 is 0 Å². The first-order valence-electron chi connectivity index (χ1n) is 5.28. The second kappa shape index (κ2) is 4.78. The highest BCUT2D eigenvalue weighted by atomic mass is 32.1. The van der Waals surface area contributed by atoms with Gasteiger partial charge in [0.25, 0.3) is 0 Å². The van der Waals surface area contributed by atoms with Gasteiger partial charge in [0.05, 0.1) is 11.7 Å². The number of nitrogens with zero attached hydrogens (tertiary/aromatic N) is 2. The van der Waals surface area contributed by atoms with Crippen molar-refractivity contribution in [2.45, 2.75) is 26.4 Å².